The SMILES string of the molecule is CCc1cc(CC(N)c2ncccc2F)n(C)n1. The summed E-state index contributed by atoms with van der Waals surface area (Å²) in [6.07, 6.45) is 2.96. The Bertz CT molecular complexity index is 536. The van der Waals surface area contributed by atoms with E-state index in [1.807, 2.05) is 20.0 Å². The van der Waals surface area contributed by atoms with Crippen LogP contribution < -0.4 is 5.73 Å². The van der Waals surface area contributed by atoms with Crippen molar-refractivity contribution in [1.29, 1.82) is 0 Å². The molecule has 0 saturated heterocycles. The summed E-state index contributed by atoms with van der Waals surface area (Å²) in [5.41, 5.74) is 8.31. The summed E-state index contributed by atoms with van der Waals surface area (Å²) in [5.74, 6) is -0.358. The van der Waals surface area contributed by atoms with Crippen molar-refractivity contribution < 1.29 is 4.39 Å². The third-order valence-electron chi connectivity index (χ3n) is 2.96. The fourth-order valence-corrected chi connectivity index (χ4v) is 1.93. The van der Waals surface area contributed by atoms with E-state index < -0.39 is 6.04 Å². The highest BCUT2D eigenvalue weighted by atomic mass is 19.1. The molecular weight excluding hydrogens is 231 g/mol. The molecule has 18 heavy (non-hydrogen) atoms. The zero-order chi connectivity index (χ0) is 13.1. The number of halogens is 1. The van der Waals surface area contributed by atoms with Crippen molar-refractivity contribution in [2.45, 2.75) is 25.8 Å². The maximum atomic E-state index is 13.5. The second-order valence-electron chi connectivity index (χ2n) is 4.29. The van der Waals surface area contributed by atoms with Gasteiger partial charge in [-0.25, -0.2) is 4.39 Å². The van der Waals surface area contributed by atoms with Crippen LogP contribution in [-0.4, -0.2) is 14.8 Å². The first-order valence-corrected chi connectivity index (χ1v) is 5.99. The van der Waals surface area contributed by atoms with Crippen molar-refractivity contribution in [2.24, 2.45) is 12.8 Å². The van der Waals surface area contributed by atoms with Gasteiger partial charge in [0.1, 0.15) is 5.82 Å². The predicted octanol–water partition coefficient (Wildman–Crippen LogP) is 1.76. The van der Waals surface area contributed by atoms with E-state index >= 15 is 0 Å². The topological polar surface area (TPSA) is 56.7 Å². The average molecular weight is 248 g/mol. The quantitative estimate of drug-likeness (QED) is 0.897. The first kappa shape index (κ1) is 12.7. The smallest absolute Gasteiger partial charge is 0.146 e. The third kappa shape index (κ3) is 2.56. The van der Waals surface area contributed by atoms with E-state index in [0.717, 1.165) is 17.8 Å². The van der Waals surface area contributed by atoms with Crippen LogP contribution in [0.2, 0.25) is 0 Å². The molecule has 4 nitrogen and oxygen atoms in total. The number of aryl methyl sites for hydroxylation is 2. The minimum Gasteiger partial charge on any atom is -0.322 e. The normalized spacial score (nSPS) is 12.7. The van der Waals surface area contributed by atoms with Gasteiger partial charge >= 0.3 is 0 Å². The van der Waals surface area contributed by atoms with Crippen molar-refractivity contribution in [1.82, 2.24) is 14.8 Å². The zero-order valence-corrected chi connectivity index (χ0v) is 10.6. The van der Waals surface area contributed by atoms with E-state index in [9.17, 15) is 4.39 Å². The highest BCUT2D eigenvalue weighted by Crippen LogP contribution is 2.17. The van der Waals surface area contributed by atoms with E-state index in [4.69, 9.17) is 5.73 Å². The third-order valence-corrected chi connectivity index (χ3v) is 2.96. The number of pyridine rings is 1. The van der Waals surface area contributed by atoms with Crippen molar-refractivity contribution in [3.8, 4) is 0 Å². The number of rotatable bonds is 4. The van der Waals surface area contributed by atoms with Crippen LogP contribution in [0.25, 0.3) is 0 Å². The Hall–Kier alpha value is -1.75. The number of nitrogens with two attached hydrogens (primary N) is 1. The van der Waals surface area contributed by atoms with Gasteiger partial charge in [0.25, 0.3) is 0 Å². The maximum absolute atomic E-state index is 13.5. The summed E-state index contributed by atoms with van der Waals surface area (Å²) in [4.78, 5) is 4.00. The van der Waals surface area contributed by atoms with Gasteiger partial charge in [-0.05, 0) is 24.6 Å². The molecule has 96 valence electrons. The van der Waals surface area contributed by atoms with Gasteiger partial charge in [0, 0.05) is 25.4 Å². The van der Waals surface area contributed by atoms with Gasteiger partial charge in [0.05, 0.1) is 17.4 Å². The molecule has 0 fully saturated rings. The van der Waals surface area contributed by atoms with Gasteiger partial charge in [-0.1, -0.05) is 6.92 Å². The zero-order valence-electron chi connectivity index (χ0n) is 10.6. The minimum absolute atomic E-state index is 0.303. The number of nitrogens with zero attached hydrogens (tertiary/aromatic N) is 3. The van der Waals surface area contributed by atoms with Crippen LogP contribution >= 0.6 is 0 Å². The lowest BCUT2D eigenvalue weighted by Crippen LogP contribution is -2.18. The molecule has 0 bridgehead atoms. The van der Waals surface area contributed by atoms with Crippen LogP contribution in [0.3, 0.4) is 0 Å². The second kappa shape index (κ2) is 5.27. The predicted molar refractivity (Wildman–Crippen MR) is 67.4 cm³/mol. The van der Waals surface area contributed by atoms with Gasteiger partial charge in [-0.15, -0.1) is 0 Å². The Balaban J connectivity index is 2.18. The standard InChI is InChI=1S/C13H17FN4/c1-3-9-7-10(18(2)17-9)8-12(15)13-11(14)5-4-6-16-13/h4-7,12H,3,8,15H2,1-2H3. The van der Waals surface area contributed by atoms with E-state index in [0.29, 0.717) is 12.1 Å². The molecule has 2 aromatic heterocycles. The molecule has 1 atom stereocenters. The van der Waals surface area contributed by atoms with Crippen molar-refractivity contribution in [3.05, 3.63) is 47.3 Å². The first-order valence-electron chi connectivity index (χ1n) is 5.99. The summed E-state index contributed by atoms with van der Waals surface area (Å²) in [6, 6.07) is 4.49. The molecule has 0 aliphatic rings. The Morgan fingerprint density at radius 1 is 1.50 bits per heavy atom. The number of aromatic nitrogens is 3. The van der Waals surface area contributed by atoms with E-state index in [2.05, 4.69) is 10.1 Å². The van der Waals surface area contributed by atoms with Gasteiger partial charge in [0.2, 0.25) is 0 Å². The Labute approximate surface area is 106 Å². The maximum Gasteiger partial charge on any atom is 0.146 e. The van der Waals surface area contributed by atoms with Crippen molar-refractivity contribution >= 4 is 0 Å². The van der Waals surface area contributed by atoms with Gasteiger partial charge in [0.15, 0.2) is 0 Å². The lowest BCUT2D eigenvalue weighted by molar-refractivity contribution is 0.553. The molecule has 5 heteroatoms. The molecule has 2 N–H and O–H groups in total. The lowest BCUT2D eigenvalue weighted by atomic mass is 10.1. The molecule has 0 saturated carbocycles. The van der Waals surface area contributed by atoms with Crippen LogP contribution in [0.15, 0.2) is 24.4 Å². The summed E-state index contributed by atoms with van der Waals surface area (Å²) < 4.78 is 15.3. The molecule has 2 aromatic rings. The molecule has 0 aliphatic carbocycles. The second-order valence-corrected chi connectivity index (χ2v) is 4.29. The summed E-state index contributed by atoms with van der Waals surface area (Å²) in [6.45, 7) is 2.05. The van der Waals surface area contributed by atoms with Crippen LogP contribution in [0.1, 0.15) is 30.0 Å². The Kier molecular flexibility index (Phi) is 3.72. The molecule has 0 radical (unpaired) electrons. The number of hydrogen-bond donors (Lipinski definition) is 1. The van der Waals surface area contributed by atoms with E-state index in [-0.39, 0.29) is 5.82 Å². The van der Waals surface area contributed by atoms with Crippen LogP contribution in [0, 0.1) is 5.82 Å². The van der Waals surface area contributed by atoms with E-state index in [1.165, 1.54) is 6.07 Å². The molecular formula is C13H17FN4. The molecule has 0 aliphatic heterocycles. The highest BCUT2D eigenvalue weighted by Gasteiger charge is 2.15. The summed E-state index contributed by atoms with van der Waals surface area (Å²) in [7, 11) is 1.87. The average Bonchev–Trinajstić information content (AvgIpc) is 2.70. The van der Waals surface area contributed by atoms with Crippen molar-refractivity contribution in [3.63, 3.8) is 0 Å². The summed E-state index contributed by atoms with van der Waals surface area (Å²) >= 11 is 0. The minimum atomic E-state index is -0.452. The van der Waals surface area contributed by atoms with Gasteiger partial charge in [-0.3, -0.25) is 9.67 Å². The molecule has 1 unspecified atom stereocenters. The van der Waals surface area contributed by atoms with Crippen LogP contribution in [0.5, 0.6) is 0 Å². The lowest BCUT2D eigenvalue weighted by Gasteiger charge is -2.11. The molecule has 0 spiro atoms. The molecule has 2 heterocycles. The first-order chi connectivity index (χ1) is 8.61. The highest BCUT2D eigenvalue weighted by molar-refractivity contribution is 5.17. The molecule has 0 aromatic carbocycles. The Morgan fingerprint density at radius 2 is 2.28 bits per heavy atom. The fraction of sp³-hybridized carbons (Fsp3) is 0.385. The number of hydrogen-bond acceptors (Lipinski definition) is 3. The van der Waals surface area contributed by atoms with Crippen LogP contribution in [-0.2, 0) is 19.9 Å². The molecule has 0 amide bonds. The Morgan fingerprint density at radius 3 is 2.89 bits per heavy atom. The summed E-state index contributed by atoms with van der Waals surface area (Å²) in [5, 5.41) is 4.35. The largest absolute Gasteiger partial charge is 0.322 e. The van der Waals surface area contributed by atoms with Crippen LogP contribution in [0.4, 0.5) is 4.39 Å². The van der Waals surface area contributed by atoms with Crippen molar-refractivity contribution in [2.75, 3.05) is 0 Å². The fourth-order valence-electron chi connectivity index (χ4n) is 1.93. The monoisotopic (exact) mass is 248 g/mol. The van der Waals surface area contributed by atoms with E-state index in [1.54, 1.807) is 16.9 Å². The van der Waals surface area contributed by atoms with Gasteiger partial charge in [-0.2, -0.15) is 5.10 Å². The van der Waals surface area contributed by atoms with Gasteiger partial charge < -0.3 is 5.73 Å². The molecule has 2 rings (SSSR count).